The van der Waals surface area contributed by atoms with Crippen LogP contribution in [0.2, 0.25) is 0 Å². The Morgan fingerprint density at radius 1 is 1.45 bits per heavy atom. The van der Waals surface area contributed by atoms with Crippen molar-refractivity contribution < 1.29 is 4.74 Å². The minimum Gasteiger partial charge on any atom is -0.383 e. The van der Waals surface area contributed by atoms with Crippen molar-refractivity contribution in [2.45, 2.75) is 39.4 Å². The molecule has 0 rings (SSSR count). The van der Waals surface area contributed by atoms with Gasteiger partial charge in [-0.2, -0.15) is 5.10 Å². The Balaban J connectivity index is 4.22. The second-order valence-corrected chi connectivity index (χ2v) is 3.19. The van der Waals surface area contributed by atoms with Gasteiger partial charge in [-0.05, 0) is 27.7 Å². The molecule has 0 aromatic carbocycles. The lowest BCUT2D eigenvalue weighted by molar-refractivity contribution is -0.0102. The molecular weight excluding hydrogens is 142 g/mol. The molecule has 0 saturated heterocycles. The van der Waals surface area contributed by atoms with Gasteiger partial charge in [-0.25, -0.2) is 0 Å². The summed E-state index contributed by atoms with van der Waals surface area (Å²) in [5.74, 6) is 5.33. The lowest BCUT2D eigenvalue weighted by Gasteiger charge is -2.26. The quantitative estimate of drug-likeness (QED) is 0.271. The predicted molar refractivity (Wildman–Crippen MR) is 46.1 cm³/mol. The number of hydrazone groups is 1. The van der Waals surface area contributed by atoms with Crippen molar-refractivity contribution in [3.63, 3.8) is 0 Å². The van der Waals surface area contributed by atoms with Crippen molar-refractivity contribution in [3.05, 3.63) is 0 Å². The lowest BCUT2D eigenvalue weighted by Crippen LogP contribution is -2.43. The van der Waals surface area contributed by atoms with Crippen molar-refractivity contribution in [1.29, 1.82) is 0 Å². The molecule has 0 bridgehead atoms. The lowest BCUT2D eigenvalue weighted by atomic mass is 10.1. The maximum Gasteiger partial charge on any atom is 0.151 e. The Morgan fingerprint density at radius 3 is 2.18 bits per heavy atom. The number of ether oxygens (including phenoxy) is 1. The number of nitrogens with two attached hydrogens (primary N) is 2. The first-order chi connectivity index (χ1) is 4.90. The first-order valence-corrected chi connectivity index (χ1v) is 3.62. The minimum absolute atomic E-state index is 0.116. The molecule has 0 radical (unpaired) electrons. The fourth-order valence-electron chi connectivity index (χ4n) is 0.805. The molecule has 0 unspecified atom stereocenters. The molecule has 0 amide bonds. The topological polar surface area (TPSA) is 73.6 Å². The van der Waals surface area contributed by atoms with E-state index in [0.717, 1.165) is 0 Å². The molecule has 0 aromatic heterocycles. The molecule has 4 N–H and O–H groups in total. The summed E-state index contributed by atoms with van der Waals surface area (Å²) in [6.45, 7) is 7.54. The smallest absolute Gasteiger partial charge is 0.151 e. The van der Waals surface area contributed by atoms with E-state index in [0.29, 0.717) is 5.84 Å². The Labute approximate surface area is 67.6 Å². The van der Waals surface area contributed by atoms with E-state index in [1.165, 1.54) is 0 Å². The monoisotopic (exact) mass is 159 g/mol. The standard InChI is InChI=1S/C7H17N3O/c1-5(2)11-7(3,4)6(8)10-9/h5H,9H2,1-4H3,(H2,8,10). The van der Waals surface area contributed by atoms with Gasteiger partial charge in [-0.3, -0.25) is 0 Å². The molecule has 0 spiro atoms. The molecular formula is C7H17N3O. The Kier molecular flexibility index (Phi) is 3.32. The highest BCUT2D eigenvalue weighted by molar-refractivity contribution is 5.87. The Bertz CT molecular complexity index is 152. The van der Waals surface area contributed by atoms with Gasteiger partial charge in [0.1, 0.15) is 5.60 Å². The molecule has 4 nitrogen and oxygen atoms in total. The zero-order valence-electron chi connectivity index (χ0n) is 7.59. The SMILES string of the molecule is CC(C)OC(C)(C)/C(N)=N/N. The summed E-state index contributed by atoms with van der Waals surface area (Å²) in [5.41, 5.74) is 4.93. The van der Waals surface area contributed by atoms with E-state index in [1.54, 1.807) is 0 Å². The van der Waals surface area contributed by atoms with Crippen molar-refractivity contribution in [2.75, 3.05) is 0 Å². The Morgan fingerprint density at radius 2 is 1.91 bits per heavy atom. The first-order valence-electron chi connectivity index (χ1n) is 3.62. The largest absolute Gasteiger partial charge is 0.383 e. The van der Waals surface area contributed by atoms with Crippen LogP contribution in [0.1, 0.15) is 27.7 Å². The second-order valence-electron chi connectivity index (χ2n) is 3.19. The average Bonchev–Trinajstić information content (AvgIpc) is 1.83. The zero-order chi connectivity index (χ0) is 9.07. The van der Waals surface area contributed by atoms with E-state index in [4.69, 9.17) is 16.3 Å². The van der Waals surface area contributed by atoms with Gasteiger partial charge in [0.25, 0.3) is 0 Å². The van der Waals surface area contributed by atoms with E-state index in [-0.39, 0.29) is 6.10 Å². The van der Waals surface area contributed by atoms with Gasteiger partial charge in [-0.1, -0.05) is 0 Å². The summed E-state index contributed by atoms with van der Waals surface area (Å²) in [6, 6.07) is 0. The van der Waals surface area contributed by atoms with Crippen LogP contribution in [0.25, 0.3) is 0 Å². The summed E-state index contributed by atoms with van der Waals surface area (Å²) in [4.78, 5) is 0. The molecule has 0 fully saturated rings. The van der Waals surface area contributed by atoms with Crippen LogP contribution >= 0.6 is 0 Å². The van der Waals surface area contributed by atoms with Gasteiger partial charge in [-0.15, -0.1) is 0 Å². The molecule has 0 heterocycles. The van der Waals surface area contributed by atoms with E-state index in [2.05, 4.69) is 5.10 Å². The maximum atomic E-state index is 5.50. The van der Waals surface area contributed by atoms with Gasteiger partial charge < -0.3 is 16.3 Å². The van der Waals surface area contributed by atoms with Crippen LogP contribution < -0.4 is 11.6 Å². The van der Waals surface area contributed by atoms with Crippen molar-refractivity contribution in [2.24, 2.45) is 16.7 Å². The molecule has 66 valence electrons. The van der Waals surface area contributed by atoms with E-state index in [1.807, 2.05) is 27.7 Å². The maximum absolute atomic E-state index is 5.50. The van der Waals surface area contributed by atoms with E-state index in [9.17, 15) is 0 Å². The van der Waals surface area contributed by atoms with Crippen LogP contribution in [0, 0.1) is 0 Å². The van der Waals surface area contributed by atoms with Gasteiger partial charge in [0.2, 0.25) is 0 Å². The van der Waals surface area contributed by atoms with Crippen LogP contribution in [0.3, 0.4) is 0 Å². The van der Waals surface area contributed by atoms with Crippen molar-refractivity contribution in [3.8, 4) is 0 Å². The second kappa shape index (κ2) is 3.57. The normalized spacial score (nSPS) is 14.1. The molecule has 0 aliphatic rings. The third-order valence-corrected chi connectivity index (χ3v) is 1.29. The fourth-order valence-corrected chi connectivity index (χ4v) is 0.805. The molecule has 0 atom stereocenters. The molecule has 0 aliphatic heterocycles. The van der Waals surface area contributed by atoms with Crippen LogP contribution in [0.4, 0.5) is 0 Å². The average molecular weight is 159 g/mol. The first kappa shape index (κ1) is 10.2. The van der Waals surface area contributed by atoms with Crippen molar-refractivity contribution in [1.82, 2.24) is 0 Å². The van der Waals surface area contributed by atoms with Gasteiger partial charge in [0.15, 0.2) is 5.84 Å². The summed E-state index contributed by atoms with van der Waals surface area (Å²) < 4.78 is 5.45. The van der Waals surface area contributed by atoms with E-state index >= 15 is 0 Å². The van der Waals surface area contributed by atoms with E-state index < -0.39 is 5.60 Å². The van der Waals surface area contributed by atoms with Crippen molar-refractivity contribution >= 4 is 5.84 Å². The van der Waals surface area contributed by atoms with Crippen LogP contribution in [-0.2, 0) is 4.74 Å². The molecule has 0 aromatic rings. The van der Waals surface area contributed by atoms with Gasteiger partial charge in [0.05, 0.1) is 6.10 Å². The Hall–Kier alpha value is -0.770. The molecule has 0 aliphatic carbocycles. The van der Waals surface area contributed by atoms with Gasteiger partial charge >= 0.3 is 0 Å². The predicted octanol–water partition coefficient (Wildman–Crippen LogP) is 0.421. The fraction of sp³-hybridized carbons (Fsp3) is 0.857. The highest BCUT2D eigenvalue weighted by atomic mass is 16.5. The minimum atomic E-state index is -0.567. The van der Waals surface area contributed by atoms with Gasteiger partial charge in [0, 0.05) is 0 Å². The summed E-state index contributed by atoms with van der Waals surface area (Å²) in [6.07, 6.45) is 0.116. The number of amidine groups is 1. The number of hydrogen-bond donors (Lipinski definition) is 2. The number of hydrogen-bond acceptors (Lipinski definition) is 3. The number of rotatable bonds is 3. The number of nitrogens with zero attached hydrogens (tertiary/aromatic N) is 1. The van der Waals surface area contributed by atoms with Crippen LogP contribution in [0.5, 0.6) is 0 Å². The summed E-state index contributed by atoms with van der Waals surface area (Å²) in [7, 11) is 0. The third kappa shape index (κ3) is 3.23. The summed E-state index contributed by atoms with van der Waals surface area (Å²) >= 11 is 0. The molecule has 4 heteroatoms. The summed E-state index contributed by atoms with van der Waals surface area (Å²) in [5, 5.41) is 3.38. The molecule has 0 saturated carbocycles. The van der Waals surface area contributed by atoms with Crippen LogP contribution in [0.15, 0.2) is 5.10 Å². The highest BCUT2D eigenvalue weighted by Gasteiger charge is 2.24. The molecule has 11 heavy (non-hydrogen) atoms. The third-order valence-electron chi connectivity index (χ3n) is 1.29. The zero-order valence-corrected chi connectivity index (χ0v) is 7.59. The highest BCUT2D eigenvalue weighted by Crippen LogP contribution is 2.11. The van der Waals surface area contributed by atoms with Crippen LogP contribution in [-0.4, -0.2) is 17.5 Å².